The van der Waals surface area contributed by atoms with Crippen LogP contribution in [0.3, 0.4) is 0 Å². The molecule has 94 valence electrons. The Morgan fingerprint density at radius 2 is 1.94 bits per heavy atom. The molecule has 1 aromatic carbocycles. The monoisotopic (exact) mass is 237 g/mol. The van der Waals surface area contributed by atoms with Gasteiger partial charge < -0.3 is 5.32 Å². The highest BCUT2D eigenvalue weighted by Crippen LogP contribution is 2.06. The second-order valence-corrected chi connectivity index (χ2v) is 4.25. The van der Waals surface area contributed by atoms with E-state index in [1.807, 2.05) is 6.92 Å². The quantitative estimate of drug-likeness (QED) is 0.583. The van der Waals surface area contributed by atoms with E-state index in [0.29, 0.717) is 5.56 Å². The van der Waals surface area contributed by atoms with E-state index in [1.54, 1.807) is 0 Å². The van der Waals surface area contributed by atoms with Crippen molar-refractivity contribution in [1.29, 1.82) is 0 Å². The Morgan fingerprint density at radius 3 is 2.53 bits per heavy atom. The van der Waals surface area contributed by atoms with Crippen LogP contribution in [0.4, 0.5) is 4.39 Å². The van der Waals surface area contributed by atoms with Crippen LogP contribution in [0.2, 0.25) is 0 Å². The minimum absolute atomic E-state index is 0.0153. The van der Waals surface area contributed by atoms with Crippen molar-refractivity contribution in [2.75, 3.05) is 6.54 Å². The average molecular weight is 237 g/mol. The van der Waals surface area contributed by atoms with Crippen LogP contribution in [-0.2, 0) is 0 Å². The first kappa shape index (κ1) is 13.8. The molecule has 1 N–H and O–H groups in total. The van der Waals surface area contributed by atoms with Gasteiger partial charge in [-0.3, -0.25) is 4.79 Å². The zero-order chi connectivity index (χ0) is 12.7. The van der Waals surface area contributed by atoms with Crippen LogP contribution in [0.15, 0.2) is 24.3 Å². The molecule has 0 aliphatic carbocycles. The van der Waals surface area contributed by atoms with Crippen LogP contribution in [0.25, 0.3) is 0 Å². The Labute approximate surface area is 102 Å². The molecule has 0 saturated carbocycles. The van der Waals surface area contributed by atoms with Crippen molar-refractivity contribution in [2.24, 2.45) is 0 Å². The molecule has 0 fully saturated rings. The predicted octanol–water partition coefficient (Wildman–Crippen LogP) is 3.18. The molecule has 0 heterocycles. The van der Waals surface area contributed by atoms with Crippen molar-refractivity contribution in [3.8, 4) is 0 Å². The number of ketones is 1. The molecule has 1 unspecified atom stereocenters. The number of hydrogen-bond acceptors (Lipinski definition) is 2. The van der Waals surface area contributed by atoms with E-state index in [4.69, 9.17) is 0 Å². The molecule has 3 heteroatoms. The summed E-state index contributed by atoms with van der Waals surface area (Å²) < 4.78 is 12.7. The molecule has 0 saturated heterocycles. The molecule has 0 amide bonds. The molecule has 2 nitrogen and oxygen atoms in total. The van der Waals surface area contributed by atoms with E-state index < -0.39 is 0 Å². The number of benzene rings is 1. The molecule has 1 aromatic rings. The lowest BCUT2D eigenvalue weighted by Crippen LogP contribution is -2.34. The maximum Gasteiger partial charge on any atom is 0.179 e. The third kappa shape index (κ3) is 4.65. The van der Waals surface area contributed by atoms with Gasteiger partial charge in [-0.15, -0.1) is 0 Å². The third-order valence-electron chi connectivity index (χ3n) is 2.75. The van der Waals surface area contributed by atoms with Gasteiger partial charge in [0.25, 0.3) is 0 Å². The van der Waals surface area contributed by atoms with Crippen LogP contribution < -0.4 is 5.32 Å². The van der Waals surface area contributed by atoms with Crippen LogP contribution in [0.5, 0.6) is 0 Å². The van der Waals surface area contributed by atoms with Crippen molar-refractivity contribution in [3.63, 3.8) is 0 Å². The van der Waals surface area contributed by atoms with E-state index in [1.165, 1.54) is 37.1 Å². The lowest BCUT2D eigenvalue weighted by Gasteiger charge is -2.12. The number of halogens is 1. The van der Waals surface area contributed by atoms with Crippen molar-refractivity contribution in [1.82, 2.24) is 5.32 Å². The number of unbranched alkanes of at least 4 members (excludes halogenated alkanes) is 2. The van der Waals surface area contributed by atoms with Crippen molar-refractivity contribution >= 4 is 5.78 Å². The largest absolute Gasteiger partial charge is 0.307 e. The molecule has 0 spiro atoms. The molecule has 1 rings (SSSR count). The second kappa shape index (κ2) is 7.17. The van der Waals surface area contributed by atoms with E-state index in [2.05, 4.69) is 12.2 Å². The second-order valence-electron chi connectivity index (χ2n) is 4.25. The normalized spacial score (nSPS) is 12.4. The fourth-order valence-corrected chi connectivity index (χ4v) is 1.65. The van der Waals surface area contributed by atoms with Crippen LogP contribution in [0.1, 0.15) is 43.5 Å². The summed E-state index contributed by atoms with van der Waals surface area (Å²) in [7, 11) is 0. The Balaban J connectivity index is 2.43. The summed E-state index contributed by atoms with van der Waals surface area (Å²) in [5.74, 6) is -0.299. The fraction of sp³-hybridized carbons (Fsp3) is 0.500. The van der Waals surface area contributed by atoms with Crippen LogP contribution >= 0.6 is 0 Å². The lowest BCUT2D eigenvalue weighted by atomic mass is 10.1. The summed E-state index contributed by atoms with van der Waals surface area (Å²) in [6.07, 6.45) is 3.42. The van der Waals surface area contributed by atoms with Crippen molar-refractivity contribution < 1.29 is 9.18 Å². The standard InChI is InChI=1S/C14H20FNO/c1-3-4-5-10-16-11(2)14(17)12-6-8-13(15)9-7-12/h6-9,11,16H,3-5,10H2,1-2H3. The van der Waals surface area contributed by atoms with Gasteiger partial charge in [0.15, 0.2) is 5.78 Å². The number of hydrogen-bond donors (Lipinski definition) is 1. The first-order valence-electron chi connectivity index (χ1n) is 6.18. The Morgan fingerprint density at radius 1 is 1.29 bits per heavy atom. The minimum atomic E-state index is -0.315. The van der Waals surface area contributed by atoms with E-state index in [0.717, 1.165) is 13.0 Å². The number of carbonyl (C=O) groups excluding carboxylic acids is 1. The van der Waals surface area contributed by atoms with Crippen molar-refractivity contribution in [3.05, 3.63) is 35.6 Å². The summed E-state index contributed by atoms with van der Waals surface area (Å²) >= 11 is 0. The highest BCUT2D eigenvalue weighted by molar-refractivity contribution is 5.99. The summed E-state index contributed by atoms with van der Waals surface area (Å²) in [5.41, 5.74) is 0.557. The molecule has 0 bridgehead atoms. The van der Waals surface area contributed by atoms with Gasteiger partial charge in [0.05, 0.1) is 6.04 Å². The molecule has 0 radical (unpaired) electrons. The number of rotatable bonds is 7. The smallest absolute Gasteiger partial charge is 0.179 e. The van der Waals surface area contributed by atoms with Gasteiger partial charge in [0.1, 0.15) is 5.82 Å². The number of Topliss-reactive ketones (excluding diaryl/α,β-unsaturated/α-hetero) is 1. The number of nitrogens with one attached hydrogen (secondary N) is 1. The van der Waals surface area contributed by atoms with Gasteiger partial charge in [-0.2, -0.15) is 0 Å². The molecule has 17 heavy (non-hydrogen) atoms. The third-order valence-corrected chi connectivity index (χ3v) is 2.75. The zero-order valence-corrected chi connectivity index (χ0v) is 10.5. The fourth-order valence-electron chi connectivity index (χ4n) is 1.65. The van der Waals surface area contributed by atoms with Gasteiger partial charge in [0, 0.05) is 5.56 Å². The first-order valence-corrected chi connectivity index (χ1v) is 6.18. The summed E-state index contributed by atoms with van der Waals surface area (Å²) in [6, 6.07) is 5.48. The highest BCUT2D eigenvalue weighted by Gasteiger charge is 2.13. The molecule has 0 aromatic heterocycles. The lowest BCUT2D eigenvalue weighted by molar-refractivity contribution is 0.0951. The first-order chi connectivity index (χ1) is 8.15. The molecule has 0 aliphatic heterocycles. The van der Waals surface area contributed by atoms with Gasteiger partial charge in [-0.25, -0.2) is 4.39 Å². The highest BCUT2D eigenvalue weighted by atomic mass is 19.1. The van der Waals surface area contributed by atoms with Gasteiger partial charge >= 0.3 is 0 Å². The molecule has 0 aliphatic rings. The van der Waals surface area contributed by atoms with E-state index in [9.17, 15) is 9.18 Å². The zero-order valence-electron chi connectivity index (χ0n) is 10.5. The van der Waals surface area contributed by atoms with Crippen LogP contribution in [-0.4, -0.2) is 18.4 Å². The SMILES string of the molecule is CCCCCNC(C)C(=O)c1ccc(F)cc1. The van der Waals surface area contributed by atoms with Crippen molar-refractivity contribution in [2.45, 2.75) is 39.2 Å². The predicted molar refractivity (Wildman–Crippen MR) is 67.7 cm³/mol. The van der Waals surface area contributed by atoms with Crippen LogP contribution in [0, 0.1) is 5.82 Å². The molecular formula is C14H20FNO. The van der Waals surface area contributed by atoms with E-state index >= 15 is 0 Å². The topological polar surface area (TPSA) is 29.1 Å². The minimum Gasteiger partial charge on any atom is -0.307 e. The Bertz CT molecular complexity index is 348. The van der Waals surface area contributed by atoms with Gasteiger partial charge in [-0.1, -0.05) is 19.8 Å². The molecular weight excluding hydrogens is 217 g/mol. The maximum absolute atomic E-state index is 12.7. The Hall–Kier alpha value is -1.22. The number of carbonyl (C=O) groups is 1. The van der Waals surface area contributed by atoms with E-state index in [-0.39, 0.29) is 17.6 Å². The summed E-state index contributed by atoms with van der Waals surface area (Å²) in [5, 5.41) is 3.19. The van der Waals surface area contributed by atoms with Gasteiger partial charge in [-0.05, 0) is 44.2 Å². The molecule has 1 atom stereocenters. The van der Waals surface area contributed by atoms with Gasteiger partial charge in [0.2, 0.25) is 0 Å². The Kier molecular flexibility index (Phi) is 5.84. The maximum atomic E-state index is 12.7. The average Bonchev–Trinajstić information content (AvgIpc) is 2.34. The summed E-state index contributed by atoms with van der Waals surface area (Å²) in [6.45, 7) is 4.84. The summed E-state index contributed by atoms with van der Waals surface area (Å²) in [4.78, 5) is 11.9.